The molecule has 0 spiro atoms. The summed E-state index contributed by atoms with van der Waals surface area (Å²) in [4.78, 5) is 10.0. The molecule has 17 heavy (non-hydrogen) atoms. The molecule has 0 saturated carbocycles. The molecule has 1 aromatic heterocycles. The van der Waals surface area contributed by atoms with Gasteiger partial charge < -0.3 is 5.11 Å². The van der Waals surface area contributed by atoms with Crippen molar-refractivity contribution in [3.63, 3.8) is 0 Å². The van der Waals surface area contributed by atoms with E-state index in [1.165, 1.54) is 18.3 Å². The number of benzene rings is 1. The van der Waals surface area contributed by atoms with Crippen LogP contribution in [0, 0.1) is 10.1 Å². The second kappa shape index (κ2) is 4.71. The van der Waals surface area contributed by atoms with Crippen molar-refractivity contribution >= 4 is 5.69 Å². The Morgan fingerprint density at radius 1 is 1.35 bits per heavy atom. The number of hydrogen-bond donors (Lipinski definition) is 1. The maximum Gasteiger partial charge on any atom is 0.269 e. The summed E-state index contributed by atoms with van der Waals surface area (Å²) >= 11 is 0. The Kier molecular flexibility index (Phi) is 3.10. The Bertz CT molecular complexity index is 521. The van der Waals surface area contributed by atoms with Crippen molar-refractivity contribution in [3.8, 4) is 0 Å². The largest absolute Gasteiger partial charge is 0.390 e. The monoisotopic (exact) mass is 234 g/mol. The molecular weight excluding hydrogens is 224 g/mol. The van der Waals surface area contributed by atoms with Gasteiger partial charge in [0.2, 0.25) is 0 Å². The van der Waals surface area contributed by atoms with E-state index >= 15 is 0 Å². The number of aliphatic hydroxyl groups excluding tert-OH is 1. The number of rotatable bonds is 4. The van der Waals surface area contributed by atoms with Crippen molar-refractivity contribution in [2.45, 2.75) is 13.2 Å². The minimum atomic E-state index is -0.446. The topological polar surface area (TPSA) is 94.1 Å². The normalized spacial score (nSPS) is 10.4. The van der Waals surface area contributed by atoms with Crippen LogP contribution in [0.4, 0.5) is 5.69 Å². The highest BCUT2D eigenvalue weighted by molar-refractivity contribution is 5.32. The van der Waals surface area contributed by atoms with Crippen LogP contribution in [-0.4, -0.2) is 25.0 Å². The van der Waals surface area contributed by atoms with Crippen LogP contribution >= 0.6 is 0 Å². The number of aliphatic hydroxyl groups is 1. The fraction of sp³-hybridized carbons (Fsp3) is 0.200. The number of nitro groups is 1. The molecule has 0 unspecified atom stereocenters. The summed E-state index contributed by atoms with van der Waals surface area (Å²) in [5, 5.41) is 27.0. The molecule has 0 aliphatic heterocycles. The Hall–Kier alpha value is -2.28. The van der Waals surface area contributed by atoms with E-state index in [1.807, 2.05) is 0 Å². The summed E-state index contributed by atoms with van der Waals surface area (Å²) in [7, 11) is 0. The summed E-state index contributed by atoms with van der Waals surface area (Å²) in [6.07, 6.45) is 1.48. The molecule has 0 bridgehead atoms. The quantitative estimate of drug-likeness (QED) is 0.621. The summed E-state index contributed by atoms with van der Waals surface area (Å²) in [5.74, 6) is 0. The zero-order valence-electron chi connectivity index (χ0n) is 8.85. The molecule has 0 saturated heterocycles. The van der Waals surface area contributed by atoms with E-state index in [1.54, 1.807) is 16.8 Å². The average Bonchev–Trinajstić information content (AvgIpc) is 2.77. The van der Waals surface area contributed by atoms with Crippen molar-refractivity contribution in [1.82, 2.24) is 15.0 Å². The van der Waals surface area contributed by atoms with Crippen LogP contribution in [-0.2, 0) is 13.2 Å². The van der Waals surface area contributed by atoms with Crippen LogP contribution in [0.25, 0.3) is 0 Å². The molecule has 2 rings (SSSR count). The Labute approximate surface area is 96.5 Å². The minimum Gasteiger partial charge on any atom is -0.390 e. The van der Waals surface area contributed by atoms with Crippen molar-refractivity contribution in [1.29, 1.82) is 0 Å². The summed E-state index contributed by atoms with van der Waals surface area (Å²) in [6, 6.07) is 6.18. The van der Waals surface area contributed by atoms with Crippen LogP contribution < -0.4 is 0 Å². The molecule has 0 atom stereocenters. The molecule has 88 valence electrons. The molecular formula is C10H10N4O3. The van der Waals surface area contributed by atoms with Crippen LogP contribution in [0.15, 0.2) is 30.5 Å². The molecule has 1 N–H and O–H groups in total. The number of non-ortho nitro benzene ring substituents is 1. The molecule has 0 amide bonds. The van der Waals surface area contributed by atoms with Gasteiger partial charge in [-0.25, -0.2) is 4.68 Å². The van der Waals surface area contributed by atoms with Crippen molar-refractivity contribution in [3.05, 3.63) is 51.8 Å². The maximum atomic E-state index is 10.5. The van der Waals surface area contributed by atoms with E-state index in [0.29, 0.717) is 12.2 Å². The second-order valence-electron chi connectivity index (χ2n) is 3.46. The van der Waals surface area contributed by atoms with Gasteiger partial charge in [-0.2, -0.15) is 0 Å². The highest BCUT2D eigenvalue weighted by Crippen LogP contribution is 2.13. The van der Waals surface area contributed by atoms with Crippen molar-refractivity contribution in [2.75, 3.05) is 0 Å². The third-order valence-corrected chi connectivity index (χ3v) is 2.34. The fourth-order valence-corrected chi connectivity index (χ4v) is 1.43. The first-order valence-corrected chi connectivity index (χ1v) is 4.92. The van der Waals surface area contributed by atoms with E-state index in [2.05, 4.69) is 10.3 Å². The van der Waals surface area contributed by atoms with E-state index in [0.717, 1.165) is 5.56 Å². The Morgan fingerprint density at radius 3 is 2.65 bits per heavy atom. The summed E-state index contributed by atoms with van der Waals surface area (Å²) in [6.45, 7) is 0.286. The van der Waals surface area contributed by atoms with Gasteiger partial charge in [-0.15, -0.1) is 5.10 Å². The van der Waals surface area contributed by atoms with Crippen LogP contribution in [0.5, 0.6) is 0 Å². The van der Waals surface area contributed by atoms with Gasteiger partial charge in [0.05, 0.1) is 30.0 Å². The number of nitro benzene ring substituents is 1. The van der Waals surface area contributed by atoms with Gasteiger partial charge >= 0.3 is 0 Å². The molecule has 0 fully saturated rings. The zero-order valence-corrected chi connectivity index (χ0v) is 8.85. The lowest BCUT2D eigenvalue weighted by Gasteiger charge is -2.03. The van der Waals surface area contributed by atoms with Crippen LogP contribution in [0.3, 0.4) is 0 Å². The first-order chi connectivity index (χ1) is 8.20. The maximum absolute atomic E-state index is 10.5. The first kappa shape index (κ1) is 11.2. The van der Waals surface area contributed by atoms with Gasteiger partial charge in [-0.05, 0) is 5.56 Å². The molecule has 1 aromatic carbocycles. The number of nitrogens with zero attached hydrogens (tertiary/aromatic N) is 4. The average molecular weight is 234 g/mol. The molecule has 7 nitrogen and oxygen atoms in total. The molecule has 7 heteroatoms. The Morgan fingerprint density at radius 2 is 2.06 bits per heavy atom. The molecule has 0 aliphatic carbocycles. The van der Waals surface area contributed by atoms with Gasteiger partial charge in [0.1, 0.15) is 0 Å². The standard InChI is InChI=1S/C10H10N4O3/c15-7-10-5-11-12-13(10)6-8-1-3-9(4-2-8)14(16)17/h1-5,15H,6-7H2. The number of hydrogen-bond acceptors (Lipinski definition) is 5. The zero-order chi connectivity index (χ0) is 12.3. The van der Waals surface area contributed by atoms with Gasteiger partial charge in [0, 0.05) is 12.1 Å². The van der Waals surface area contributed by atoms with E-state index < -0.39 is 4.92 Å². The molecule has 0 aliphatic rings. The van der Waals surface area contributed by atoms with Crippen molar-refractivity contribution < 1.29 is 10.0 Å². The third kappa shape index (κ3) is 2.45. The minimum absolute atomic E-state index is 0.0507. The lowest BCUT2D eigenvalue weighted by Crippen LogP contribution is -2.06. The van der Waals surface area contributed by atoms with E-state index in [4.69, 9.17) is 5.11 Å². The van der Waals surface area contributed by atoms with Gasteiger partial charge in [-0.3, -0.25) is 10.1 Å². The van der Waals surface area contributed by atoms with E-state index in [-0.39, 0.29) is 12.3 Å². The summed E-state index contributed by atoms with van der Waals surface area (Å²) < 4.78 is 1.54. The molecule has 0 radical (unpaired) electrons. The third-order valence-electron chi connectivity index (χ3n) is 2.34. The second-order valence-corrected chi connectivity index (χ2v) is 3.46. The summed E-state index contributed by atoms with van der Waals surface area (Å²) in [5.41, 5.74) is 1.51. The molecule has 1 heterocycles. The van der Waals surface area contributed by atoms with Crippen LogP contribution in [0.1, 0.15) is 11.3 Å². The van der Waals surface area contributed by atoms with Gasteiger partial charge in [0.15, 0.2) is 0 Å². The lowest BCUT2D eigenvalue weighted by molar-refractivity contribution is -0.384. The highest BCUT2D eigenvalue weighted by atomic mass is 16.6. The van der Waals surface area contributed by atoms with Crippen LogP contribution in [0.2, 0.25) is 0 Å². The smallest absolute Gasteiger partial charge is 0.269 e. The predicted molar refractivity (Wildman–Crippen MR) is 58.1 cm³/mol. The van der Waals surface area contributed by atoms with Gasteiger partial charge in [-0.1, -0.05) is 17.3 Å². The predicted octanol–water partition coefficient (Wildman–Crippen LogP) is 0.727. The highest BCUT2D eigenvalue weighted by Gasteiger charge is 2.06. The van der Waals surface area contributed by atoms with Crippen molar-refractivity contribution in [2.24, 2.45) is 0 Å². The Balaban J connectivity index is 2.16. The fourth-order valence-electron chi connectivity index (χ4n) is 1.43. The first-order valence-electron chi connectivity index (χ1n) is 4.92. The SMILES string of the molecule is O=[N+]([O-])c1ccc(Cn2nncc2CO)cc1. The number of aromatic nitrogens is 3. The van der Waals surface area contributed by atoms with E-state index in [9.17, 15) is 10.1 Å². The molecule has 2 aromatic rings. The lowest BCUT2D eigenvalue weighted by atomic mass is 10.2. The van der Waals surface area contributed by atoms with Gasteiger partial charge in [0.25, 0.3) is 5.69 Å².